The van der Waals surface area contributed by atoms with Crippen molar-refractivity contribution in [2.45, 2.75) is 11.1 Å². The molecule has 1 atom stereocenters. The first-order chi connectivity index (χ1) is 14.7. The van der Waals surface area contributed by atoms with Crippen molar-refractivity contribution in [3.8, 4) is 22.4 Å². The number of aromatic amines is 1. The molecular weight excluding hydrogens is 396 g/mol. The minimum Gasteiger partial charge on any atom is -0.467 e. The van der Waals surface area contributed by atoms with Crippen LogP contribution in [0.3, 0.4) is 0 Å². The number of methoxy groups -OCH3 is 1. The van der Waals surface area contributed by atoms with E-state index in [1.807, 2.05) is 66.7 Å². The van der Waals surface area contributed by atoms with Gasteiger partial charge in [-0.05, 0) is 17.7 Å². The molecule has 0 spiro atoms. The van der Waals surface area contributed by atoms with Gasteiger partial charge in [0, 0.05) is 28.3 Å². The molecule has 1 aliphatic rings. The molecule has 0 fully saturated rings. The number of ether oxygens (including phenoxy) is 1. The van der Waals surface area contributed by atoms with Crippen molar-refractivity contribution < 1.29 is 14.5 Å². The molecule has 30 heavy (non-hydrogen) atoms. The largest absolute Gasteiger partial charge is 0.467 e. The first-order valence-corrected chi connectivity index (χ1v) is 10.6. The van der Waals surface area contributed by atoms with Gasteiger partial charge in [0.2, 0.25) is 5.69 Å². The van der Waals surface area contributed by atoms with Crippen molar-refractivity contribution in [2.24, 2.45) is 0 Å². The number of nitrogens with zero attached hydrogens (tertiary/aromatic N) is 1. The van der Waals surface area contributed by atoms with E-state index in [2.05, 4.69) is 4.98 Å². The number of benzene rings is 2. The number of aromatic nitrogens is 2. The van der Waals surface area contributed by atoms with Crippen LogP contribution in [0, 0.1) is 0 Å². The molecule has 5 nitrogen and oxygen atoms in total. The number of esters is 1. The molecule has 0 aliphatic carbocycles. The maximum absolute atomic E-state index is 13.4. The fraction of sp³-hybridized carbons (Fsp3) is 0.125. The quantitative estimate of drug-likeness (QED) is 0.475. The third-order valence-electron chi connectivity index (χ3n) is 5.41. The van der Waals surface area contributed by atoms with Crippen LogP contribution >= 0.6 is 11.8 Å². The lowest BCUT2D eigenvalue weighted by atomic mass is 9.99. The van der Waals surface area contributed by atoms with Gasteiger partial charge in [-0.1, -0.05) is 48.5 Å². The Kier molecular flexibility index (Phi) is 4.64. The Morgan fingerprint density at radius 2 is 1.70 bits per heavy atom. The van der Waals surface area contributed by atoms with E-state index in [1.54, 1.807) is 10.8 Å². The molecule has 2 aromatic heterocycles. The molecule has 1 N–H and O–H groups in total. The van der Waals surface area contributed by atoms with Crippen LogP contribution < -0.4 is 10.5 Å². The predicted octanol–water partition coefficient (Wildman–Crippen LogP) is 3.97. The smallest absolute Gasteiger partial charge is 0.329 e. The monoisotopic (exact) mass is 415 g/mol. The fourth-order valence-electron chi connectivity index (χ4n) is 3.97. The molecular formula is C24H19N2O3S+. The van der Waals surface area contributed by atoms with Crippen molar-refractivity contribution in [3.05, 3.63) is 83.3 Å². The number of H-pyrrole nitrogens is 1. The summed E-state index contributed by atoms with van der Waals surface area (Å²) in [4.78, 5) is 29.0. The average molecular weight is 415 g/mol. The molecule has 6 heteroatoms. The van der Waals surface area contributed by atoms with E-state index in [4.69, 9.17) is 4.74 Å². The Morgan fingerprint density at radius 1 is 1.03 bits per heavy atom. The normalized spacial score (nSPS) is 15.2. The molecule has 5 rings (SSSR count). The van der Waals surface area contributed by atoms with Gasteiger partial charge in [-0.2, -0.15) is 0 Å². The third kappa shape index (κ3) is 2.92. The first-order valence-electron chi connectivity index (χ1n) is 9.64. The molecule has 0 unspecified atom stereocenters. The standard InChI is InChI=1S/C24H18N2O3S/c1-29-24(28)20-14-30-23-21(16-10-6-3-7-11-16)17-12-19(15-8-4-2-5-9-15)25-13-18(17)22(27)26(20)23/h2-13,20H,14H2,1H3/p+1/t20-/m0/s1. The summed E-state index contributed by atoms with van der Waals surface area (Å²) in [6.45, 7) is 0. The molecule has 0 saturated heterocycles. The van der Waals surface area contributed by atoms with Gasteiger partial charge in [-0.25, -0.2) is 9.78 Å². The summed E-state index contributed by atoms with van der Waals surface area (Å²) in [6.07, 6.45) is 1.75. The molecule has 3 heterocycles. The molecule has 0 amide bonds. The topological polar surface area (TPSA) is 62.4 Å². The summed E-state index contributed by atoms with van der Waals surface area (Å²) in [5.41, 5.74) is 3.76. The van der Waals surface area contributed by atoms with Gasteiger partial charge in [0.25, 0.3) is 5.56 Å². The molecule has 2 aromatic carbocycles. The summed E-state index contributed by atoms with van der Waals surface area (Å²) >= 11 is 1.52. The van der Waals surface area contributed by atoms with Crippen molar-refractivity contribution in [1.29, 1.82) is 0 Å². The Morgan fingerprint density at radius 3 is 2.37 bits per heavy atom. The number of rotatable bonds is 3. The Balaban J connectivity index is 1.86. The van der Waals surface area contributed by atoms with Crippen LogP contribution in [0.25, 0.3) is 33.2 Å². The number of carbonyl (C=O) groups excluding carboxylic acids is 1. The van der Waals surface area contributed by atoms with Crippen LogP contribution in [0.15, 0.2) is 82.7 Å². The molecule has 1 aliphatic heterocycles. The maximum Gasteiger partial charge on any atom is 0.329 e. The van der Waals surface area contributed by atoms with Crippen LogP contribution in [0.5, 0.6) is 0 Å². The van der Waals surface area contributed by atoms with Gasteiger partial charge >= 0.3 is 5.97 Å². The maximum atomic E-state index is 13.4. The zero-order chi connectivity index (χ0) is 20.7. The molecule has 148 valence electrons. The van der Waals surface area contributed by atoms with Crippen molar-refractivity contribution in [3.63, 3.8) is 0 Å². The number of hydrogen-bond acceptors (Lipinski definition) is 4. The lowest BCUT2D eigenvalue weighted by Gasteiger charge is -2.16. The van der Waals surface area contributed by atoms with Crippen molar-refractivity contribution in [2.75, 3.05) is 12.9 Å². The summed E-state index contributed by atoms with van der Waals surface area (Å²) in [5, 5.41) is 2.22. The van der Waals surface area contributed by atoms with E-state index in [1.165, 1.54) is 18.9 Å². The van der Waals surface area contributed by atoms with Gasteiger partial charge in [-0.15, -0.1) is 11.8 Å². The van der Waals surface area contributed by atoms with Crippen LogP contribution in [-0.2, 0) is 9.53 Å². The molecule has 0 saturated carbocycles. The Hall–Kier alpha value is -3.38. The highest BCUT2D eigenvalue weighted by atomic mass is 32.2. The second-order valence-electron chi connectivity index (χ2n) is 7.11. The summed E-state index contributed by atoms with van der Waals surface area (Å²) < 4.78 is 6.56. The predicted molar refractivity (Wildman–Crippen MR) is 117 cm³/mol. The van der Waals surface area contributed by atoms with Crippen LogP contribution in [0.1, 0.15) is 6.04 Å². The number of carbonyl (C=O) groups is 1. The minimum atomic E-state index is -0.622. The van der Waals surface area contributed by atoms with Crippen molar-refractivity contribution in [1.82, 2.24) is 4.57 Å². The van der Waals surface area contributed by atoms with Crippen LogP contribution in [0.2, 0.25) is 0 Å². The highest BCUT2D eigenvalue weighted by molar-refractivity contribution is 7.99. The van der Waals surface area contributed by atoms with E-state index in [-0.39, 0.29) is 5.56 Å². The van der Waals surface area contributed by atoms with Gasteiger partial charge in [0.05, 0.1) is 12.1 Å². The van der Waals surface area contributed by atoms with Crippen LogP contribution in [0.4, 0.5) is 0 Å². The SMILES string of the molecule is COC(=O)[C@@H]1CSc2c(-c3ccccc3)c3cc(-c4ccccc4)[nH+]cc3c(=O)n21. The summed E-state index contributed by atoms with van der Waals surface area (Å²) in [6, 6.07) is 21.4. The number of nitrogens with one attached hydrogen (secondary N) is 1. The van der Waals surface area contributed by atoms with Gasteiger partial charge in [0.15, 0.2) is 6.20 Å². The Labute approximate surface area is 177 Å². The highest BCUT2D eigenvalue weighted by Gasteiger charge is 2.35. The van der Waals surface area contributed by atoms with E-state index in [9.17, 15) is 9.59 Å². The number of fused-ring (bicyclic) bond motifs is 2. The minimum absolute atomic E-state index is 0.184. The number of pyridine rings is 2. The van der Waals surface area contributed by atoms with E-state index >= 15 is 0 Å². The lowest BCUT2D eigenvalue weighted by molar-refractivity contribution is -0.362. The molecule has 4 aromatic rings. The molecule has 0 bridgehead atoms. The average Bonchev–Trinajstić information content (AvgIpc) is 3.25. The summed E-state index contributed by atoms with van der Waals surface area (Å²) in [7, 11) is 1.36. The second kappa shape index (κ2) is 7.46. The second-order valence-corrected chi connectivity index (χ2v) is 8.12. The summed E-state index contributed by atoms with van der Waals surface area (Å²) in [5.74, 6) is 0.0828. The zero-order valence-corrected chi connectivity index (χ0v) is 17.1. The number of thioether (sulfide) groups is 1. The van der Waals surface area contributed by atoms with Gasteiger partial charge in [-0.3, -0.25) is 9.36 Å². The van der Waals surface area contributed by atoms with Crippen molar-refractivity contribution >= 4 is 28.5 Å². The van der Waals surface area contributed by atoms with E-state index in [0.29, 0.717) is 11.1 Å². The zero-order valence-electron chi connectivity index (χ0n) is 16.3. The van der Waals surface area contributed by atoms with Gasteiger partial charge in [0.1, 0.15) is 11.4 Å². The fourth-order valence-corrected chi connectivity index (χ4v) is 5.29. The van der Waals surface area contributed by atoms with E-state index < -0.39 is 12.0 Å². The first kappa shape index (κ1) is 18.6. The molecule has 0 radical (unpaired) electrons. The third-order valence-corrected chi connectivity index (χ3v) is 6.57. The Bertz CT molecular complexity index is 1320. The van der Waals surface area contributed by atoms with E-state index in [0.717, 1.165) is 32.8 Å². The van der Waals surface area contributed by atoms with Gasteiger partial charge < -0.3 is 4.74 Å². The number of hydrogen-bond donors (Lipinski definition) is 0. The van der Waals surface area contributed by atoms with Crippen LogP contribution in [-0.4, -0.2) is 23.4 Å². The highest BCUT2D eigenvalue weighted by Crippen LogP contribution is 2.42. The lowest BCUT2D eigenvalue weighted by Crippen LogP contribution is -2.30.